The number of anilines is 1. The Labute approximate surface area is 138 Å². The van der Waals surface area contributed by atoms with Gasteiger partial charge < -0.3 is 4.90 Å². The summed E-state index contributed by atoms with van der Waals surface area (Å²) in [6.07, 6.45) is -5.56. The second-order valence-corrected chi connectivity index (χ2v) is 6.52. The van der Waals surface area contributed by atoms with E-state index in [4.69, 9.17) is 0 Å². The third-order valence-corrected chi connectivity index (χ3v) is 4.49. The van der Waals surface area contributed by atoms with Gasteiger partial charge in [0.15, 0.2) is 0 Å². The van der Waals surface area contributed by atoms with Crippen LogP contribution in [-0.4, -0.2) is 12.1 Å². The third-order valence-electron chi connectivity index (χ3n) is 4.49. The Bertz CT molecular complexity index is 770. The van der Waals surface area contributed by atoms with Crippen LogP contribution in [0.2, 0.25) is 0 Å². The van der Waals surface area contributed by atoms with Crippen LogP contribution in [0.1, 0.15) is 30.0 Å². The normalized spacial score (nSPS) is 20.4. The van der Waals surface area contributed by atoms with Crippen LogP contribution in [0.5, 0.6) is 0 Å². The first-order valence-corrected chi connectivity index (χ1v) is 7.74. The summed E-state index contributed by atoms with van der Waals surface area (Å²) < 4.78 is 39.3. The lowest BCUT2D eigenvalue weighted by Crippen LogP contribution is -2.41. The van der Waals surface area contributed by atoms with Gasteiger partial charge in [0, 0.05) is 5.69 Å². The summed E-state index contributed by atoms with van der Waals surface area (Å²) in [5.74, 6) is -0.496. The molecule has 24 heavy (non-hydrogen) atoms. The van der Waals surface area contributed by atoms with E-state index < -0.39 is 23.9 Å². The number of aryl methyl sites for hydroxylation is 1. The first-order valence-electron chi connectivity index (χ1n) is 7.74. The number of halogens is 3. The molecule has 3 rings (SSSR count). The number of rotatable bonds is 3. The smallest absolute Gasteiger partial charge is 0.307 e. The second-order valence-electron chi connectivity index (χ2n) is 6.52. The summed E-state index contributed by atoms with van der Waals surface area (Å²) in [6.45, 7) is 3.48. The van der Waals surface area contributed by atoms with E-state index in [1.54, 1.807) is 12.1 Å². The molecule has 0 aromatic heterocycles. The van der Waals surface area contributed by atoms with Crippen molar-refractivity contribution in [1.82, 2.24) is 0 Å². The molecule has 2 aromatic carbocycles. The van der Waals surface area contributed by atoms with Crippen LogP contribution >= 0.6 is 0 Å². The fourth-order valence-corrected chi connectivity index (χ4v) is 3.34. The number of amides is 1. The molecule has 5 heteroatoms. The molecule has 2 aromatic rings. The highest BCUT2D eigenvalue weighted by Gasteiger charge is 2.52. The van der Waals surface area contributed by atoms with E-state index in [1.165, 1.54) is 11.8 Å². The lowest BCUT2D eigenvalue weighted by molar-refractivity contribution is -0.155. The molecule has 1 heterocycles. The van der Waals surface area contributed by atoms with Gasteiger partial charge in [0.1, 0.15) is 0 Å². The van der Waals surface area contributed by atoms with Crippen LogP contribution in [0.3, 0.4) is 0 Å². The Balaban J connectivity index is 2.06. The van der Waals surface area contributed by atoms with Crippen molar-refractivity contribution < 1.29 is 18.0 Å². The molecule has 1 unspecified atom stereocenters. The van der Waals surface area contributed by atoms with E-state index in [0.29, 0.717) is 11.3 Å². The average molecular weight is 333 g/mol. The minimum Gasteiger partial charge on any atom is -0.307 e. The molecule has 0 saturated carbocycles. The van der Waals surface area contributed by atoms with Gasteiger partial charge in [-0.2, -0.15) is 13.2 Å². The molecule has 0 bridgehead atoms. The van der Waals surface area contributed by atoms with E-state index in [-0.39, 0.29) is 6.54 Å². The molecule has 0 radical (unpaired) electrons. The monoisotopic (exact) mass is 333 g/mol. The van der Waals surface area contributed by atoms with Gasteiger partial charge in [-0.3, -0.25) is 4.79 Å². The standard InChI is InChI=1S/C19H18F3NO/c1-13-8-9-16-15(10-13)18(2,12-19(20,21)22)17(24)23(16)11-14-6-4-3-5-7-14/h3-10H,11-12H2,1-2H3. The van der Waals surface area contributed by atoms with Gasteiger partial charge >= 0.3 is 6.18 Å². The highest BCUT2D eigenvalue weighted by Crippen LogP contribution is 2.48. The van der Waals surface area contributed by atoms with Crippen LogP contribution < -0.4 is 4.90 Å². The average Bonchev–Trinajstić information content (AvgIpc) is 2.69. The van der Waals surface area contributed by atoms with E-state index >= 15 is 0 Å². The molecule has 1 amide bonds. The molecule has 0 fully saturated rings. The molecule has 0 saturated heterocycles. The lowest BCUT2D eigenvalue weighted by atomic mass is 9.80. The first kappa shape index (κ1) is 16.6. The van der Waals surface area contributed by atoms with Crippen molar-refractivity contribution in [3.63, 3.8) is 0 Å². The zero-order valence-corrected chi connectivity index (χ0v) is 13.5. The summed E-state index contributed by atoms with van der Waals surface area (Å²) in [6, 6.07) is 14.5. The van der Waals surface area contributed by atoms with Gasteiger partial charge in [0.2, 0.25) is 5.91 Å². The van der Waals surface area contributed by atoms with Gasteiger partial charge in [-0.15, -0.1) is 0 Å². The number of hydrogen-bond donors (Lipinski definition) is 0. The Morgan fingerprint density at radius 2 is 1.75 bits per heavy atom. The van der Waals surface area contributed by atoms with Gasteiger partial charge in [-0.1, -0.05) is 48.0 Å². The topological polar surface area (TPSA) is 20.3 Å². The molecule has 0 spiro atoms. The number of carbonyl (C=O) groups is 1. The quantitative estimate of drug-likeness (QED) is 0.793. The lowest BCUT2D eigenvalue weighted by Gasteiger charge is -2.25. The Morgan fingerprint density at radius 1 is 1.08 bits per heavy atom. The van der Waals surface area contributed by atoms with Crippen molar-refractivity contribution >= 4 is 11.6 Å². The maximum atomic E-state index is 13.1. The summed E-state index contributed by atoms with van der Waals surface area (Å²) >= 11 is 0. The number of nitrogens with zero attached hydrogens (tertiary/aromatic N) is 1. The van der Waals surface area contributed by atoms with E-state index in [1.807, 2.05) is 43.3 Å². The van der Waals surface area contributed by atoms with Crippen molar-refractivity contribution in [2.24, 2.45) is 0 Å². The molecule has 1 aliphatic rings. The number of alkyl halides is 3. The summed E-state index contributed by atoms with van der Waals surface area (Å²) in [4.78, 5) is 14.4. The van der Waals surface area contributed by atoms with Gasteiger partial charge in [-0.25, -0.2) is 0 Å². The van der Waals surface area contributed by atoms with E-state index in [9.17, 15) is 18.0 Å². The SMILES string of the molecule is Cc1ccc2c(c1)C(C)(CC(F)(F)F)C(=O)N2Cc1ccccc1. The maximum Gasteiger partial charge on any atom is 0.390 e. The predicted octanol–water partition coefficient (Wildman–Crippen LogP) is 4.75. The molecule has 0 aliphatic carbocycles. The van der Waals surface area contributed by atoms with Crippen LogP contribution in [0.15, 0.2) is 48.5 Å². The van der Waals surface area contributed by atoms with Crippen molar-refractivity contribution in [2.75, 3.05) is 4.90 Å². The second kappa shape index (κ2) is 5.65. The van der Waals surface area contributed by atoms with Gasteiger partial charge in [0.25, 0.3) is 0 Å². The molecule has 2 nitrogen and oxygen atoms in total. The Kier molecular flexibility index (Phi) is 3.90. The number of fused-ring (bicyclic) bond motifs is 1. The highest BCUT2D eigenvalue weighted by molar-refractivity contribution is 6.07. The van der Waals surface area contributed by atoms with Gasteiger partial charge in [-0.05, 0) is 31.0 Å². The largest absolute Gasteiger partial charge is 0.390 e. The van der Waals surface area contributed by atoms with Crippen LogP contribution in [0.4, 0.5) is 18.9 Å². The molecule has 1 aliphatic heterocycles. The molecule has 0 N–H and O–H groups in total. The van der Waals surface area contributed by atoms with Crippen molar-refractivity contribution in [2.45, 2.75) is 38.4 Å². The van der Waals surface area contributed by atoms with Crippen LogP contribution in [0, 0.1) is 6.92 Å². The van der Waals surface area contributed by atoms with E-state index in [0.717, 1.165) is 11.1 Å². The maximum absolute atomic E-state index is 13.1. The summed E-state index contributed by atoms with van der Waals surface area (Å²) in [7, 11) is 0. The minimum atomic E-state index is -4.41. The zero-order chi connectivity index (χ0) is 17.5. The van der Waals surface area contributed by atoms with E-state index in [2.05, 4.69) is 0 Å². The van der Waals surface area contributed by atoms with Gasteiger partial charge in [0.05, 0.1) is 18.4 Å². The minimum absolute atomic E-state index is 0.267. The zero-order valence-electron chi connectivity index (χ0n) is 13.5. The Hall–Kier alpha value is -2.30. The fourth-order valence-electron chi connectivity index (χ4n) is 3.34. The van der Waals surface area contributed by atoms with Crippen LogP contribution in [0.25, 0.3) is 0 Å². The molecular weight excluding hydrogens is 315 g/mol. The highest BCUT2D eigenvalue weighted by atomic mass is 19.4. The van der Waals surface area contributed by atoms with Crippen molar-refractivity contribution in [3.05, 3.63) is 65.2 Å². The Morgan fingerprint density at radius 3 is 2.38 bits per heavy atom. The van der Waals surface area contributed by atoms with Crippen LogP contribution in [-0.2, 0) is 16.8 Å². The fraction of sp³-hybridized carbons (Fsp3) is 0.316. The molecule has 126 valence electrons. The summed E-state index contributed by atoms with van der Waals surface area (Å²) in [5.41, 5.74) is 1.18. The number of carbonyl (C=O) groups excluding carboxylic acids is 1. The summed E-state index contributed by atoms with van der Waals surface area (Å²) in [5, 5.41) is 0. The number of benzene rings is 2. The number of hydrogen-bond acceptors (Lipinski definition) is 1. The molecule has 1 atom stereocenters. The van der Waals surface area contributed by atoms with Crippen molar-refractivity contribution in [1.29, 1.82) is 0 Å². The first-order chi connectivity index (χ1) is 11.2. The predicted molar refractivity (Wildman–Crippen MR) is 86.8 cm³/mol. The molecular formula is C19H18F3NO. The van der Waals surface area contributed by atoms with Crippen molar-refractivity contribution in [3.8, 4) is 0 Å². The third kappa shape index (κ3) is 2.90.